The van der Waals surface area contributed by atoms with Crippen LogP contribution in [0.2, 0.25) is 0 Å². The number of benzene rings is 2. The van der Waals surface area contributed by atoms with Crippen molar-refractivity contribution in [3.8, 4) is 28.6 Å². The highest BCUT2D eigenvalue weighted by atomic mass is 32.2. The van der Waals surface area contributed by atoms with Gasteiger partial charge in [0.2, 0.25) is 5.91 Å². The molecule has 0 radical (unpaired) electrons. The zero-order valence-corrected chi connectivity index (χ0v) is 21.1. The summed E-state index contributed by atoms with van der Waals surface area (Å²) < 4.78 is 12.9. The standard InChI is InChI=1S/C25H32N4O3S/c1-16(2)28(17(3)4)23(30)15-33-25-27-26-24(29(25)20-10-8-18(5)9-11-20)19-12-21(31-6)14-22(13-19)32-7/h8-14,16-17H,15H2,1-7H3. The second-order valence-electron chi connectivity index (χ2n) is 8.36. The second-order valence-corrected chi connectivity index (χ2v) is 9.30. The summed E-state index contributed by atoms with van der Waals surface area (Å²) in [4.78, 5) is 14.8. The van der Waals surface area contributed by atoms with Crippen LogP contribution in [0.4, 0.5) is 0 Å². The first-order valence-corrected chi connectivity index (χ1v) is 11.9. The van der Waals surface area contributed by atoms with Crippen LogP contribution in [-0.4, -0.2) is 57.6 Å². The maximum atomic E-state index is 13.0. The van der Waals surface area contributed by atoms with Crippen molar-refractivity contribution >= 4 is 17.7 Å². The first-order chi connectivity index (χ1) is 15.7. The molecule has 7 nitrogen and oxygen atoms in total. The van der Waals surface area contributed by atoms with E-state index in [9.17, 15) is 4.79 Å². The molecule has 0 fully saturated rings. The van der Waals surface area contributed by atoms with Gasteiger partial charge in [0.05, 0.1) is 20.0 Å². The van der Waals surface area contributed by atoms with E-state index < -0.39 is 0 Å². The summed E-state index contributed by atoms with van der Waals surface area (Å²) in [5.41, 5.74) is 2.88. The number of aryl methyl sites for hydroxylation is 1. The zero-order valence-electron chi connectivity index (χ0n) is 20.3. The minimum Gasteiger partial charge on any atom is -0.497 e. The van der Waals surface area contributed by atoms with Gasteiger partial charge >= 0.3 is 0 Å². The number of carbonyl (C=O) groups is 1. The molecule has 0 saturated carbocycles. The maximum Gasteiger partial charge on any atom is 0.233 e. The summed E-state index contributed by atoms with van der Waals surface area (Å²) in [7, 11) is 3.23. The van der Waals surface area contributed by atoms with Crippen LogP contribution >= 0.6 is 11.8 Å². The van der Waals surface area contributed by atoms with Crippen molar-refractivity contribution in [2.24, 2.45) is 0 Å². The number of carbonyl (C=O) groups excluding carboxylic acids is 1. The number of nitrogens with zero attached hydrogens (tertiary/aromatic N) is 4. The second kappa shape index (κ2) is 10.7. The SMILES string of the molecule is COc1cc(OC)cc(-c2nnc(SCC(=O)N(C(C)C)C(C)C)n2-c2ccc(C)cc2)c1. The van der Waals surface area contributed by atoms with Gasteiger partial charge in [-0.25, -0.2) is 0 Å². The van der Waals surface area contributed by atoms with Gasteiger partial charge in [-0.2, -0.15) is 0 Å². The molecule has 0 aliphatic carbocycles. The molecule has 176 valence electrons. The molecule has 0 aliphatic rings. The first-order valence-electron chi connectivity index (χ1n) is 10.9. The Morgan fingerprint density at radius 3 is 2.06 bits per heavy atom. The van der Waals surface area contributed by atoms with Crippen molar-refractivity contribution in [3.63, 3.8) is 0 Å². The molecule has 0 saturated heterocycles. The minimum atomic E-state index is 0.0769. The summed E-state index contributed by atoms with van der Waals surface area (Å²) in [6, 6.07) is 14.0. The quantitative estimate of drug-likeness (QED) is 0.412. The summed E-state index contributed by atoms with van der Waals surface area (Å²) in [6.07, 6.45) is 0. The Kier molecular flexibility index (Phi) is 8.02. The summed E-state index contributed by atoms with van der Waals surface area (Å²) in [5, 5.41) is 9.58. The van der Waals surface area contributed by atoms with E-state index in [1.54, 1.807) is 14.2 Å². The Balaban J connectivity index is 2.03. The molecule has 3 aromatic rings. The molecule has 0 atom stereocenters. The van der Waals surface area contributed by atoms with E-state index in [0.717, 1.165) is 16.8 Å². The maximum absolute atomic E-state index is 13.0. The van der Waals surface area contributed by atoms with Gasteiger partial charge < -0.3 is 14.4 Å². The Morgan fingerprint density at radius 1 is 0.970 bits per heavy atom. The van der Waals surface area contributed by atoms with Crippen LogP contribution < -0.4 is 9.47 Å². The third-order valence-corrected chi connectivity index (χ3v) is 6.17. The van der Waals surface area contributed by atoms with Gasteiger partial charge in [-0.1, -0.05) is 29.5 Å². The number of hydrogen-bond acceptors (Lipinski definition) is 6. The van der Waals surface area contributed by atoms with Gasteiger partial charge in [0, 0.05) is 29.4 Å². The van der Waals surface area contributed by atoms with Gasteiger partial charge in [-0.05, 0) is 58.9 Å². The number of thioether (sulfide) groups is 1. The van der Waals surface area contributed by atoms with E-state index in [1.807, 2.05) is 86.6 Å². The molecule has 0 unspecified atom stereocenters. The number of ether oxygens (including phenoxy) is 2. The smallest absolute Gasteiger partial charge is 0.233 e. The van der Waals surface area contributed by atoms with E-state index >= 15 is 0 Å². The fourth-order valence-corrected chi connectivity index (χ4v) is 4.61. The van der Waals surface area contributed by atoms with E-state index in [-0.39, 0.29) is 23.7 Å². The molecule has 1 heterocycles. The van der Waals surface area contributed by atoms with Gasteiger partial charge in [-0.15, -0.1) is 10.2 Å². The van der Waals surface area contributed by atoms with E-state index in [4.69, 9.17) is 9.47 Å². The number of amides is 1. The normalized spacial score (nSPS) is 11.2. The lowest BCUT2D eigenvalue weighted by Gasteiger charge is -2.30. The van der Waals surface area contributed by atoms with E-state index in [2.05, 4.69) is 10.2 Å². The lowest BCUT2D eigenvalue weighted by Crippen LogP contribution is -2.43. The lowest BCUT2D eigenvalue weighted by molar-refractivity contribution is -0.131. The van der Waals surface area contributed by atoms with Crippen LogP contribution in [0.15, 0.2) is 47.6 Å². The molecular weight excluding hydrogens is 436 g/mol. The van der Waals surface area contributed by atoms with Crippen molar-refractivity contribution in [3.05, 3.63) is 48.0 Å². The average Bonchev–Trinajstić information content (AvgIpc) is 3.21. The molecule has 8 heteroatoms. The molecule has 0 bridgehead atoms. The Hall–Kier alpha value is -3.00. The van der Waals surface area contributed by atoms with Gasteiger partial charge in [0.1, 0.15) is 11.5 Å². The Bertz CT molecular complexity index is 1060. The third-order valence-electron chi connectivity index (χ3n) is 5.26. The molecule has 0 spiro atoms. The van der Waals surface area contributed by atoms with E-state index in [0.29, 0.717) is 22.5 Å². The average molecular weight is 469 g/mol. The molecule has 1 aromatic heterocycles. The summed E-state index contributed by atoms with van der Waals surface area (Å²) >= 11 is 1.39. The monoisotopic (exact) mass is 468 g/mol. The molecule has 33 heavy (non-hydrogen) atoms. The molecule has 2 aromatic carbocycles. The number of rotatable bonds is 9. The van der Waals surface area contributed by atoms with Gasteiger partial charge in [0.15, 0.2) is 11.0 Å². The van der Waals surface area contributed by atoms with Crippen molar-refractivity contribution in [1.82, 2.24) is 19.7 Å². The van der Waals surface area contributed by atoms with E-state index in [1.165, 1.54) is 11.8 Å². The minimum absolute atomic E-state index is 0.0769. The van der Waals surface area contributed by atoms with Crippen molar-refractivity contribution < 1.29 is 14.3 Å². The highest BCUT2D eigenvalue weighted by molar-refractivity contribution is 7.99. The Labute approximate surface area is 200 Å². The summed E-state index contributed by atoms with van der Waals surface area (Å²) in [5.74, 6) is 2.33. The van der Waals surface area contributed by atoms with Crippen LogP contribution in [0.5, 0.6) is 11.5 Å². The van der Waals surface area contributed by atoms with Crippen LogP contribution in [-0.2, 0) is 4.79 Å². The molecule has 0 aliphatic heterocycles. The summed E-state index contributed by atoms with van der Waals surface area (Å²) in [6.45, 7) is 10.2. The van der Waals surface area contributed by atoms with Crippen LogP contribution in [0, 0.1) is 6.92 Å². The van der Waals surface area contributed by atoms with Gasteiger partial charge in [-0.3, -0.25) is 9.36 Å². The topological polar surface area (TPSA) is 69.5 Å². The first kappa shape index (κ1) is 24.6. The molecular formula is C25H32N4O3S. The van der Waals surface area contributed by atoms with Crippen molar-refractivity contribution in [2.45, 2.75) is 51.9 Å². The molecule has 1 amide bonds. The van der Waals surface area contributed by atoms with Crippen LogP contribution in [0.25, 0.3) is 17.1 Å². The predicted octanol–water partition coefficient (Wildman–Crippen LogP) is 5.00. The van der Waals surface area contributed by atoms with Crippen LogP contribution in [0.1, 0.15) is 33.3 Å². The Morgan fingerprint density at radius 2 is 1.55 bits per heavy atom. The zero-order chi connectivity index (χ0) is 24.1. The number of aromatic nitrogens is 3. The predicted molar refractivity (Wildman–Crippen MR) is 132 cm³/mol. The largest absolute Gasteiger partial charge is 0.497 e. The highest BCUT2D eigenvalue weighted by Gasteiger charge is 2.23. The lowest BCUT2D eigenvalue weighted by atomic mass is 10.1. The fraction of sp³-hybridized carbons (Fsp3) is 0.400. The molecule has 0 N–H and O–H groups in total. The van der Waals surface area contributed by atoms with Crippen LogP contribution in [0.3, 0.4) is 0 Å². The van der Waals surface area contributed by atoms with Crippen molar-refractivity contribution in [2.75, 3.05) is 20.0 Å². The molecule has 3 rings (SSSR count). The number of hydrogen-bond donors (Lipinski definition) is 0. The van der Waals surface area contributed by atoms with Gasteiger partial charge in [0.25, 0.3) is 0 Å². The highest BCUT2D eigenvalue weighted by Crippen LogP contribution is 2.33. The number of methoxy groups -OCH3 is 2. The fourth-order valence-electron chi connectivity index (χ4n) is 3.79. The third kappa shape index (κ3) is 5.68. The van der Waals surface area contributed by atoms with Crippen molar-refractivity contribution in [1.29, 1.82) is 0 Å².